The Balaban J connectivity index is 1.32. The van der Waals surface area contributed by atoms with Crippen LogP contribution in [-0.2, 0) is 24.4 Å². The molecule has 0 amide bonds. The number of aromatic hydroxyl groups is 1. The van der Waals surface area contributed by atoms with E-state index in [1.165, 1.54) is 0 Å². The lowest BCUT2D eigenvalue weighted by molar-refractivity contribution is -0.142. The number of hydrogen-bond acceptors (Lipinski definition) is 10. The van der Waals surface area contributed by atoms with Gasteiger partial charge in [-0.15, -0.1) is 0 Å². The van der Waals surface area contributed by atoms with Gasteiger partial charge in [-0.05, 0) is 76.0 Å². The molecule has 0 aliphatic heterocycles. The number of Topliss-reactive ketones (excluding diaryl/α,β-unsaturated/α-hetero) is 2. The van der Waals surface area contributed by atoms with Crippen LogP contribution in [0.5, 0.6) is 11.6 Å². The van der Waals surface area contributed by atoms with Crippen molar-refractivity contribution in [3.05, 3.63) is 93.5 Å². The number of nitrogens with one attached hydrogen (secondary N) is 1. The van der Waals surface area contributed by atoms with Crippen molar-refractivity contribution < 1.29 is 38.6 Å². The van der Waals surface area contributed by atoms with Gasteiger partial charge in [0.2, 0.25) is 11.6 Å². The monoisotopic (exact) mass is 655 g/mol. The Bertz CT molecular complexity index is 2010. The lowest BCUT2D eigenvalue weighted by Gasteiger charge is -2.49. The minimum absolute atomic E-state index is 0.0290. The SMILES string of the molecule is CN(C)[C@@H]1c2onc(OCc3ccccc3)c2C(=O)[C@@]2(O)C(=O)C3=C(O)c4c(c(F)c5ccc(CNC(C)(C)C)cc5c4O)C[C@H]3C[C@@H]12. The number of ether oxygens (including phenoxy) is 1. The lowest BCUT2D eigenvalue weighted by Crippen LogP contribution is -2.63. The highest BCUT2D eigenvalue weighted by atomic mass is 19.1. The van der Waals surface area contributed by atoms with Crippen LogP contribution in [-0.4, -0.2) is 62.2 Å². The summed E-state index contributed by atoms with van der Waals surface area (Å²) in [7, 11) is 3.46. The minimum Gasteiger partial charge on any atom is -0.507 e. The molecule has 0 spiro atoms. The maximum absolute atomic E-state index is 16.2. The van der Waals surface area contributed by atoms with E-state index in [1.54, 1.807) is 37.2 Å². The summed E-state index contributed by atoms with van der Waals surface area (Å²) in [4.78, 5) is 30.4. The summed E-state index contributed by atoms with van der Waals surface area (Å²) in [5.74, 6) is -5.29. The van der Waals surface area contributed by atoms with Gasteiger partial charge in [-0.2, -0.15) is 0 Å². The van der Waals surface area contributed by atoms with Gasteiger partial charge in [0.15, 0.2) is 11.4 Å². The van der Waals surface area contributed by atoms with E-state index in [9.17, 15) is 24.9 Å². The Morgan fingerprint density at radius 3 is 2.46 bits per heavy atom. The number of phenols is 1. The second-order valence-corrected chi connectivity index (χ2v) is 14.3. The van der Waals surface area contributed by atoms with E-state index < -0.39 is 46.6 Å². The van der Waals surface area contributed by atoms with Crippen LogP contribution in [0.4, 0.5) is 4.39 Å². The van der Waals surface area contributed by atoms with Crippen molar-refractivity contribution >= 4 is 28.1 Å². The zero-order chi connectivity index (χ0) is 34.3. The molecule has 3 aliphatic carbocycles. The fourth-order valence-electron chi connectivity index (χ4n) is 7.59. The number of hydrogen-bond donors (Lipinski definition) is 4. The van der Waals surface area contributed by atoms with Gasteiger partial charge in [0, 0.05) is 39.9 Å². The highest BCUT2D eigenvalue weighted by Gasteiger charge is 2.65. The predicted molar refractivity (Wildman–Crippen MR) is 175 cm³/mol. The first-order valence-electron chi connectivity index (χ1n) is 16.0. The number of aliphatic hydroxyl groups is 2. The number of carbonyl (C=O) groups is 2. The van der Waals surface area contributed by atoms with Crippen molar-refractivity contribution in [3.8, 4) is 11.6 Å². The van der Waals surface area contributed by atoms with Crippen LogP contribution < -0.4 is 10.1 Å². The molecule has 10 nitrogen and oxygen atoms in total. The molecule has 1 aromatic heterocycles. The van der Waals surface area contributed by atoms with Crippen molar-refractivity contribution in [2.45, 2.75) is 63.9 Å². The molecule has 250 valence electrons. The second kappa shape index (κ2) is 11.3. The predicted octanol–water partition coefficient (Wildman–Crippen LogP) is 5.40. The summed E-state index contributed by atoms with van der Waals surface area (Å²) in [5, 5.41) is 43.2. The largest absolute Gasteiger partial charge is 0.507 e. The first-order valence-corrected chi connectivity index (χ1v) is 16.0. The van der Waals surface area contributed by atoms with Crippen LogP contribution in [0.1, 0.15) is 71.6 Å². The van der Waals surface area contributed by atoms with Crippen molar-refractivity contribution in [2.24, 2.45) is 11.8 Å². The van der Waals surface area contributed by atoms with Crippen LogP contribution in [0.15, 0.2) is 58.6 Å². The number of carbonyl (C=O) groups excluding carboxylic acids is 2. The second-order valence-electron chi connectivity index (χ2n) is 14.3. The van der Waals surface area contributed by atoms with Crippen LogP contribution in [0.25, 0.3) is 16.5 Å². The van der Waals surface area contributed by atoms with E-state index >= 15 is 4.39 Å². The Kier molecular flexibility index (Phi) is 7.50. The summed E-state index contributed by atoms with van der Waals surface area (Å²) in [6, 6.07) is 13.5. The normalized spacial score (nSPS) is 23.6. The van der Waals surface area contributed by atoms with Gasteiger partial charge in [-0.25, -0.2) is 4.39 Å². The number of rotatable bonds is 6. The molecule has 11 heteroatoms. The maximum Gasteiger partial charge on any atom is 0.265 e. The van der Waals surface area contributed by atoms with E-state index in [-0.39, 0.29) is 75.4 Å². The fourth-order valence-corrected chi connectivity index (χ4v) is 7.59. The van der Waals surface area contributed by atoms with E-state index in [2.05, 4.69) is 10.5 Å². The highest BCUT2D eigenvalue weighted by Crippen LogP contribution is 2.56. The molecule has 1 saturated carbocycles. The fraction of sp³-hybridized carbons (Fsp3) is 0.378. The molecule has 4 aromatic rings. The van der Waals surface area contributed by atoms with Crippen LogP contribution in [0.2, 0.25) is 0 Å². The molecule has 4 N–H and O–H groups in total. The van der Waals surface area contributed by atoms with Gasteiger partial charge in [0.1, 0.15) is 29.5 Å². The molecule has 0 unspecified atom stereocenters. The zero-order valence-corrected chi connectivity index (χ0v) is 27.4. The Labute approximate surface area is 276 Å². The molecule has 0 radical (unpaired) electrons. The average molecular weight is 656 g/mol. The van der Waals surface area contributed by atoms with E-state index in [1.807, 2.05) is 51.1 Å². The third kappa shape index (κ3) is 4.83. The molecule has 1 fully saturated rings. The molecule has 48 heavy (non-hydrogen) atoms. The van der Waals surface area contributed by atoms with Crippen molar-refractivity contribution in [2.75, 3.05) is 14.1 Å². The first-order chi connectivity index (χ1) is 22.7. The van der Waals surface area contributed by atoms with Gasteiger partial charge >= 0.3 is 0 Å². The number of halogens is 1. The number of fused-ring (bicyclic) bond motifs is 5. The molecular weight excluding hydrogens is 617 g/mol. The topological polar surface area (TPSA) is 145 Å². The first kappa shape index (κ1) is 32.0. The molecule has 3 aliphatic rings. The third-order valence-electron chi connectivity index (χ3n) is 9.90. The molecule has 7 rings (SSSR count). The van der Waals surface area contributed by atoms with Gasteiger partial charge in [0.05, 0.1) is 11.6 Å². The standard InChI is InChI=1S/C37H38FN3O7/c1-36(2,3)39-16-19-11-12-21-22(13-19)30(42)26-23(28(21)38)14-20-15-24-29(41(4)5)32-27(34(45)37(24,46)33(44)25(20)31(26)43)35(40-48-32)47-17-18-9-7-6-8-10-18/h6-13,20,24,29,39,42-43,46H,14-17H2,1-5H3/t20-,24-,29-,37-/m0/s1. The maximum atomic E-state index is 16.2. The van der Waals surface area contributed by atoms with E-state index in [4.69, 9.17) is 9.26 Å². The average Bonchev–Trinajstić information content (AvgIpc) is 3.46. The van der Waals surface area contributed by atoms with Gasteiger partial charge in [-0.1, -0.05) is 42.5 Å². The quantitative estimate of drug-likeness (QED) is 0.199. The number of aromatic nitrogens is 1. The van der Waals surface area contributed by atoms with Crippen molar-refractivity contribution in [1.29, 1.82) is 0 Å². The summed E-state index contributed by atoms with van der Waals surface area (Å²) in [5.41, 5.74) is -1.66. The zero-order valence-electron chi connectivity index (χ0n) is 27.4. The summed E-state index contributed by atoms with van der Waals surface area (Å²) in [6.45, 7) is 6.57. The molecule has 4 atom stereocenters. The number of aliphatic hydroxyl groups excluding tert-OH is 1. The number of benzene rings is 3. The molecule has 0 bridgehead atoms. The Hall–Kier alpha value is -4.58. The third-order valence-corrected chi connectivity index (χ3v) is 9.90. The Morgan fingerprint density at radius 1 is 1.04 bits per heavy atom. The van der Waals surface area contributed by atoms with Gasteiger partial charge in [-0.3, -0.25) is 14.5 Å². The summed E-state index contributed by atoms with van der Waals surface area (Å²) < 4.78 is 27.8. The van der Waals surface area contributed by atoms with Crippen molar-refractivity contribution in [3.63, 3.8) is 0 Å². The number of phenolic OH excluding ortho intramolecular Hbond substituents is 1. The Morgan fingerprint density at radius 2 is 1.77 bits per heavy atom. The number of nitrogens with zero attached hydrogens (tertiary/aromatic N) is 2. The summed E-state index contributed by atoms with van der Waals surface area (Å²) in [6.07, 6.45) is 0.0183. The van der Waals surface area contributed by atoms with Crippen LogP contribution >= 0.6 is 0 Å². The minimum atomic E-state index is -2.60. The van der Waals surface area contributed by atoms with Gasteiger partial charge in [0.25, 0.3) is 5.88 Å². The van der Waals surface area contributed by atoms with E-state index in [0.29, 0.717) is 6.54 Å². The molecular formula is C37H38FN3O7. The molecule has 3 aromatic carbocycles. The van der Waals surface area contributed by atoms with Crippen LogP contribution in [0.3, 0.4) is 0 Å². The highest BCUT2D eigenvalue weighted by molar-refractivity contribution is 6.26. The smallest absolute Gasteiger partial charge is 0.265 e. The number of ketones is 2. The van der Waals surface area contributed by atoms with E-state index in [0.717, 1.165) is 11.1 Å². The molecule has 0 saturated heterocycles. The summed E-state index contributed by atoms with van der Waals surface area (Å²) >= 11 is 0. The molecule has 1 heterocycles. The lowest BCUT2D eigenvalue weighted by atomic mass is 9.57. The van der Waals surface area contributed by atoms with Crippen molar-refractivity contribution in [1.82, 2.24) is 15.4 Å². The van der Waals surface area contributed by atoms with Gasteiger partial charge < -0.3 is 29.9 Å². The van der Waals surface area contributed by atoms with Crippen LogP contribution in [0, 0.1) is 17.7 Å².